The van der Waals surface area contributed by atoms with E-state index in [4.69, 9.17) is 0 Å². The molecule has 1 N–H and O–H groups in total. The van der Waals surface area contributed by atoms with E-state index < -0.39 is 11.6 Å². The van der Waals surface area contributed by atoms with Gasteiger partial charge in [-0.15, -0.1) is 0 Å². The normalized spacial score (nSPS) is 21.7. The second-order valence-corrected chi connectivity index (χ2v) is 9.15. The van der Waals surface area contributed by atoms with Gasteiger partial charge in [0.1, 0.15) is 12.1 Å². The molecular formula is C26H31N3O3. The highest BCUT2D eigenvalue weighted by atomic mass is 16.2. The molecule has 32 heavy (non-hydrogen) atoms. The summed E-state index contributed by atoms with van der Waals surface area (Å²) in [5.41, 5.74) is 1.46. The van der Waals surface area contributed by atoms with Crippen molar-refractivity contribution in [3.05, 3.63) is 71.8 Å². The van der Waals surface area contributed by atoms with Gasteiger partial charge in [0.2, 0.25) is 5.91 Å². The third-order valence-electron chi connectivity index (χ3n) is 6.73. The molecule has 6 heteroatoms. The van der Waals surface area contributed by atoms with Crippen LogP contribution in [0.15, 0.2) is 60.7 Å². The summed E-state index contributed by atoms with van der Waals surface area (Å²) >= 11 is 0. The Kier molecular flexibility index (Phi) is 6.58. The summed E-state index contributed by atoms with van der Waals surface area (Å²) in [7, 11) is 0. The van der Waals surface area contributed by atoms with Crippen LogP contribution in [0.25, 0.3) is 0 Å². The molecule has 0 aromatic heterocycles. The molecule has 0 radical (unpaired) electrons. The first-order valence-electron chi connectivity index (χ1n) is 11.4. The van der Waals surface area contributed by atoms with Crippen molar-refractivity contribution in [2.45, 2.75) is 44.6 Å². The molecule has 2 aromatic carbocycles. The first kappa shape index (κ1) is 22.1. The van der Waals surface area contributed by atoms with Gasteiger partial charge in [-0.05, 0) is 56.1 Å². The molecule has 2 aromatic rings. The number of likely N-dealkylation sites (tertiary alicyclic amines) is 1. The Morgan fingerprint density at radius 1 is 0.969 bits per heavy atom. The van der Waals surface area contributed by atoms with E-state index in [1.54, 1.807) is 11.8 Å². The summed E-state index contributed by atoms with van der Waals surface area (Å²) in [6, 6.07) is 19.8. The third kappa shape index (κ3) is 5.01. The van der Waals surface area contributed by atoms with Crippen molar-refractivity contribution in [2.24, 2.45) is 5.92 Å². The number of aryl methyl sites for hydroxylation is 1. The van der Waals surface area contributed by atoms with Crippen LogP contribution in [0.1, 0.15) is 37.3 Å². The number of nitrogens with zero attached hydrogens (tertiary/aromatic N) is 2. The monoisotopic (exact) mass is 433 g/mol. The highest BCUT2D eigenvalue weighted by Gasteiger charge is 2.48. The minimum atomic E-state index is -0.976. The average Bonchev–Trinajstić information content (AvgIpc) is 3.03. The Morgan fingerprint density at radius 3 is 2.19 bits per heavy atom. The summed E-state index contributed by atoms with van der Waals surface area (Å²) in [6.45, 7) is 2.90. The van der Waals surface area contributed by atoms with Crippen LogP contribution in [0.2, 0.25) is 0 Å². The van der Waals surface area contributed by atoms with Crippen molar-refractivity contribution in [1.29, 1.82) is 0 Å². The standard InChI is InChI=1S/C26H31N3O3/c1-26(15-12-20-8-4-2-5-9-20)24(31)29(25(32)27-26)19-23(30)28-16-13-22(14-17-28)18-21-10-6-3-7-11-21/h2-11,22H,12-19H2,1H3,(H,27,32)/t26-/m1/s1. The smallest absolute Gasteiger partial charge is 0.325 e. The van der Waals surface area contributed by atoms with Crippen LogP contribution < -0.4 is 5.32 Å². The number of imide groups is 1. The van der Waals surface area contributed by atoms with Crippen LogP contribution >= 0.6 is 0 Å². The van der Waals surface area contributed by atoms with Gasteiger partial charge in [0.25, 0.3) is 5.91 Å². The van der Waals surface area contributed by atoms with Crippen molar-refractivity contribution >= 4 is 17.8 Å². The minimum absolute atomic E-state index is 0.154. The van der Waals surface area contributed by atoms with Gasteiger partial charge in [0.05, 0.1) is 0 Å². The maximum Gasteiger partial charge on any atom is 0.325 e. The lowest BCUT2D eigenvalue weighted by Gasteiger charge is -2.33. The van der Waals surface area contributed by atoms with E-state index in [2.05, 4.69) is 29.6 Å². The molecule has 0 spiro atoms. The fourth-order valence-electron chi connectivity index (χ4n) is 4.67. The Labute approximate surface area is 189 Å². The van der Waals surface area contributed by atoms with Crippen molar-refractivity contribution in [3.8, 4) is 0 Å². The van der Waals surface area contributed by atoms with E-state index in [1.807, 2.05) is 36.4 Å². The molecule has 2 heterocycles. The SMILES string of the molecule is C[C@]1(CCc2ccccc2)NC(=O)N(CC(=O)N2CCC(Cc3ccccc3)CC2)C1=O. The van der Waals surface area contributed by atoms with Crippen LogP contribution in [0.3, 0.4) is 0 Å². The van der Waals surface area contributed by atoms with Gasteiger partial charge < -0.3 is 10.2 Å². The van der Waals surface area contributed by atoms with Gasteiger partial charge in [-0.1, -0.05) is 60.7 Å². The van der Waals surface area contributed by atoms with Crippen molar-refractivity contribution in [1.82, 2.24) is 15.1 Å². The molecule has 0 saturated carbocycles. The number of benzene rings is 2. The van der Waals surface area contributed by atoms with E-state index in [0.29, 0.717) is 31.8 Å². The van der Waals surface area contributed by atoms with Crippen molar-refractivity contribution in [3.63, 3.8) is 0 Å². The van der Waals surface area contributed by atoms with Crippen molar-refractivity contribution < 1.29 is 14.4 Å². The molecule has 4 amide bonds. The first-order valence-corrected chi connectivity index (χ1v) is 11.4. The number of nitrogens with one attached hydrogen (secondary N) is 1. The zero-order chi connectivity index (χ0) is 22.6. The summed E-state index contributed by atoms with van der Waals surface area (Å²) in [6.07, 6.45) is 4.08. The fourth-order valence-corrected chi connectivity index (χ4v) is 4.67. The number of carbonyl (C=O) groups is 3. The summed E-state index contributed by atoms with van der Waals surface area (Å²) in [5, 5.41) is 2.81. The van der Waals surface area contributed by atoms with Crippen LogP contribution in [0, 0.1) is 5.92 Å². The third-order valence-corrected chi connectivity index (χ3v) is 6.73. The molecule has 2 fully saturated rings. The van der Waals surface area contributed by atoms with E-state index in [-0.39, 0.29) is 18.4 Å². The van der Waals surface area contributed by atoms with Crippen LogP contribution in [-0.2, 0) is 22.4 Å². The highest BCUT2D eigenvalue weighted by Crippen LogP contribution is 2.25. The highest BCUT2D eigenvalue weighted by molar-refractivity contribution is 6.08. The van der Waals surface area contributed by atoms with Crippen LogP contribution in [-0.4, -0.2) is 52.8 Å². The molecule has 1 atom stereocenters. The number of amides is 4. The number of hydrogen-bond acceptors (Lipinski definition) is 3. The number of rotatable bonds is 7. The lowest BCUT2D eigenvalue weighted by atomic mass is 9.90. The Balaban J connectivity index is 1.28. The summed E-state index contributed by atoms with van der Waals surface area (Å²) in [5.74, 6) is 0.0872. The van der Waals surface area contributed by atoms with E-state index in [0.717, 1.165) is 29.7 Å². The molecule has 2 aliphatic heterocycles. The lowest BCUT2D eigenvalue weighted by molar-refractivity contribution is -0.139. The number of hydrogen-bond donors (Lipinski definition) is 1. The quantitative estimate of drug-likeness (QED) is 0.681. The second-order valence-electron chi connectivity index (χ2n) is 9.15. The fraction of sp³-hybridized carbons (Fsp3) is 0.423. The molecule has 0 aliphatic carbocycles. The average molecular weight is 434 g/mol. The van der Waals surface area contributed by atoms with Crippen LogP contribution in [0.4, 0.5) is 4.79 Å². The predicted octanol–water partition coefficient (Wildman–Crippen LogP) is 3.41. The predicted molar refractivity (Wildman–Crippen MR) is 123 cm³/mol. The van der Waals surface area contributed by atoms with Gasteiger partial charge in [0, 0.05) is 13.1 Å². The topological polar surface area (TPSA) is 69.7 Å². The number of piperidine rings is 1. The van der Waals surface area contributed by atoms with E-state index in [9.17, 15) is 14.4 Å². The molecule has 4 rings (SSSR count). The first-order chi connectivity index (χ1) is 15.4. The summed E-state index contributed by atoms with van der Waals surface area (Å²) in [4.78, 5) is 41.2. The maximum atomic E-state index is 13.0. The van der Waals surface area contributed by atoms with Gasteiger partial charge in [-0.2, -0.15) is 0 Å². The van der Waals surface area contributed by atoms with Gasteiger partial charge in [-0.3, -0.25) is 14.5 Å². The zero-order valence-electron chi connectivity index (χ0n) is 18.6. The van der Waals surface area contributed by atoms with Gasteiger partial charge >= 0.3 is 6.03 Å². The summed E-state index contributed by atoms with van der Waals surface area (Å²) < 4.78 is 0. The maximum absolute atomic E-state index is 13.0. The molecule has 168 valence electrons. The van der Waals surface area contributed by atoms with Crippen molar-refractivity contribution in [2.75, 3.05) is 19.6 Å². The molecule has 2 saturated heterocycles. The minimum Gasteiger partial charge on any atom is -0.341 e. The Hall–Kier alpha value is -3.15. The Bertz CT molecular complexity index is 955. The largest absolute Gasteiger partial charge is 0.341 e. The Morgan fingerprint density at radius 2 is 1.56 bits per heavy atom. The molecule has 0 bridgehead atoms. The molecule has 6 nitrogen and oxygen atoms in total. The van der Waals surface area contributed by atoms with E-state index >= 15 is 0 Å². The molecular weight excluding hydrogens is 402 g/mol. The van der Waals surface area contributed by atoms with Gasteiger partial charge in [0.15, 0.2) is 0 Å². The number of urea groups is 1. The van der Waals surface area contributed by atoms with Gasteiger partial charge in [-0.25, -0.2) is 4.79 Å². The van der Waals surface area contributed by atoms with E-state index in [1.165, 1.54) is 5.56 Å². The second kappa shape index (κ2) is 9.55. The van der Waals surface area contributed by atoms with Crippen LogP contribution in [0.5, 0.6) is 0 Å². The molecule has 0 unspecified atom stereocenters. The zero-order valence-corrected chi connectivity index (χ0v) is 18.6. The lowest BCUT2D eigenvalue weighted by Crippen LogP contribution is -2.47. The molecule has 2 aliphatic rings. The number of carbonyl (C=O) groups excluding carboxylic acids is 3.